The van der Waals surface area contributed by atoms with Gasteiger partial charge in [-0.05, 0) is 32.1 Å². The smallest absolute Gasteiger partial charge is 0.191 e. The van der Waals surface area contributed by atoms with Crippen LogP contribution in [-0.4, -0.2) is 49.5 Å². The monoisotopic (exact) mass is 301 g/mol. The van der Waals surface area contributed by atoms with Crippen LogP contribution in [0.3, 0.4) is 0 Å². The molecule has 0 aromatic heterocycles. The maximum atomic E-state index is 10.3. The molecule has 0 aliphatic rings. The third-order valence-corrected chi connectivity index (χ3v) is 3.40. The van der Waals surface area contributed by atoms with Gasteiger partial charge >= 0.3 is 0 Å². The molecule has 5 heteroatoms. The predicted octanol–water partition coefficient (Wildman–Crippen LogP) is 2.16. The van der Waals surface area contributed by atoms with Crippen LogP contribution in [-0.2, 0) is 4.74 Å². The van der Waals surface area contributed by atoms with Crippen molar-refractivity contribution in [3.05, 3.63) is 0 Å². The third-order valence-electron chi connectivity index (χ3n) is 3.40. The molecular formula is C16H35N3O2. The average molecular weight is 301 g/mol. The van der Waals surface area contributed by atoms with Crippen molar-refractivity contribution >= 4 is 5.96 Å². The van der Waals surface area contributed by atoms with Gasteiger partial charge in [-0.1, -0.05) is 27.7 Å². The van der Waals surface area contributed by atoms with Crippen LogP contribution in [0.4, 0.5) is 0 Å². The molecular weight excluding hydrogens is 266 g/mol. The van der Waals surface area contributed by atoms with Crippen LogP contribution in [0.2, 0.25) is 0 Å². The van der Waals surface area contributed by atoms with Crippen molar-refractivity contribution < 1.29 is 9.84 Å². The number of guanidine groups is 1. The summed E-state index contributed by atoms with van der Waals surface area (Å²) in [5.41, 5.74) is -0.692. The van der Waals surface area contributed by atoms with Gasteiger partial charge in [-0.3, -0.25) is 4.99 Å². The summed E-state index contributed by atoms with van der Waals surface area (Å²) >= 11 is 0. The van der Waals surface area contributed by atoms with Crippen LogP contribution in [0.15, 0.2) is 4.99 Å². The van der Waals surface area contributed by atoms with Crippen LogP contribution in [0.25, 0.3) is 0 Å². The highest BCUT2D eigenvalue weighted by Crippen LogP contribution is 2.14. The standard InChI is InChI=1S/C16H35N3O2/c1-6-16(20,7-2)13-19-15(17-8-3)18-10-9-11-21-12-14(4)5/h14,20H,6-13H2,1-5H3,(H2,17,18,19). The Morgan fingerprint density at radius 3 is 2.38 bits per heavy atom. The number of ether oxygens (including phenoxy) is 1. The highest BCUT2D eigenvalue weighted by Gasteiger charge is 2.21. The molecule has 0 heterocycles. The van der Waals surface area contributed by atoms with Gasteiger partial charge in [0.2, 0.25) is 0 Å². The largest absolute Gasteiger partial charge is 0.388 e. The molecule has 0 spiro atoms. The molecule has 5 nitrogen and oxygen atoms in total. The zero-order valence-electron chi connectivity index (χ0n) is 14.5. The molecule has 0 saturated heterocycles. The second-order valence-corrected chi connectivity index (χ2v) is 5.88. The molecule has 0 unspecified atom stereocenters. The number of nitrogens with one attached hydrogen (secondary N) is 2. The first kappa shape index (κ1) is 20.2. The number of aliphatic hydroxyl groups is 1. The van der Waals surface area contributed by atoms with Crippen LogP contribution >= 0.6 is 0 Å². The molecule has 126 valence electrons. The van der Waals surface area contributed by atoms with E-state index in [-0.39, 0.29) is 0 Å². The minimum atomic E-state index is -0.692. The Kier molecular flexibility index (Phi) is 11.4. The summed E-state index contributed by atoms with van der Waals surface area (Å²) in [5.74, 6) is 1.35. The lowest BCUT2D eigenvalue weighted by atomic mass is 9.98. The van der Waals surface area contributed by atoms with E-state index in [0.29, 0.717) is 12.5 Å². The molecule has 0 fully saturated rings. The topological polar surface area (TPSA) is 65.9 Å². The van der Waals surface area contributed by atoms with E-state index in [1.165, 1.54) is 0 Å². The summed E-state index contributed by atoms with van der Waals surface area (Å²) in [7, 11) is 0. The Bertz CT molecular complexity index is 277. The Balaban J connectivity index is 4.06. The normalized spacial score (nSPS) is 12.8. The van der Waals surface area contributed by atoms with E-state index in [0.717, 1.165) is 51.5 Å². The van der Waals surface area contributed by atoms with Crippen LogP contribution < -0.4 is 10.6 Å². The van der Waals surface area contributed by atoms with Gasteiger partial charge in [0.1, 0.15) is 0 Å². The van der Waals surface area contributed by atoms with E-state index in [1.807, 2.05) is 20.8 Å². The van der Waals surface area contributed by atoms with Gasteiger partial charge in [0.25, 0.3) is 0 Å². The zero-order chi connectivity index (χ0) is 16.1. The first-order valence-corrected chi connectivity index (χ1v) is 8.29. The highest BCUT2D eigenvalue weighted by atomic mass is 16.5. The van der Waals surface area contributed by atoms with Crippen LogP contribution in [0.5, 0.6) is 0 Å². The Labute approximate surface area is 130 Å². The quantitative estimate of drug-likeness (QED) is 0.311. The summed E-state index contributed by atoms with van der Waals surface area (Å²) in [4.78, 5) is 4.48. The van der Waals surface area contributed by atoms with Crippen molar-refractivity contribution in [2.45, 2.75) is 59.5 Å². The summed E-state index contributed by atoms with van der Waals surface area (Å²) < 4.78 is 5.55. The lowest BCUT2D eigenvalue weighted by molar-refractivity contribution is 0.0418. The predicted molar refractivity (Wildman–Crippen MR) is 89.8 cm³/mol. The van der Waals surface area contributed by atoms with Gasteiger partial charge in [-0.15, -0.1) is 0 Å². The molecule has 0 bridgehead atoms. The number of rotatable bonds is 11. The lowest BCUT2D eigenvalue weighted by Gasteiger charge is -2.23. The second-order valence-electron chi connectivity index (χ2n) is 5.88. The summed E-state index contributed by atoms with van der Waals surface area (Å²) in [6.45, 7) is 14.0. The average Bonchev–Trinajstić information content (AvgIpc) is 2.47. The molecule has 0 aromatic carbocycles. The van der Waals surface area contributed by atoms with Gasteiger partial charge in [0.15, 0.2) is 5.96 Å². The zero-order valence-corrected chi connectivity index (χ0v) is 14.5. The van der Waals surface area contributed by atoms with E-state index < -0.39 is 5.60 Å². The van der Waals surface area contributed by atoms with Crippen molar-refractivity contribution in [2.24, 2.45) is 10.9 Å². The van der Waals surface area contributed by atoms with E-state index in [1.54, 1.807) is 0 Å². The Morgan fingerprint density at radius 1 is 1.19 bits per heavy atom. The Morgan fingerprint density at radius 2 is 1.86 bits per heavy atom. The van der Waals surface area contributed by atoms with Gasteiger partial charge < -0.3 is 20.5 Å². The van der Waals surface area contributed by atoms with E-state index in [9.17, 15) is 5.11 Å². The molecule has 0 radical (unpaired) electrons. The van der Waals surface area contributed by atoms with E-state index >= 15 is 0 Å². The van der Waals surface area contributed by atoms with Crippen LogP contribution in [0.1, 0.15) is 53.9 Å². The molecule has 21 heavy (non-hydrogen) atoms. The number of nitrogens with zero attached hydrogens (tertiary/aromatic N) is 1. The second kappa shape index (κ2) is 11.8. The van der Waals surface area contributed by atoms with Gasteiger partial charge in [0.05, 0.1) is 12.1 Å². The van der Waals surface area contributed by atoms with E-state index in [4.69, 9.17) is 4.74 Å². The Hall–Kier alpha value is -0.810. The summed E-state index contributed by atoms with van der Waals surface area (Å²) in [6.07, 6.45) is 2.38. The fourth-order valence-electron chi connectivity index (χ4n) is 1.74. The first-order chi connectivity index (χ1) is 9.97. The van der Waals surface area contributed by atoms with Crippen molar-refractivity contribution in [3.63, 3.8) is 0 Å². The molecule has 0 saturated carbocycles. The first-order valence-electron chi connectivity index (χ1n) is 8.29. The SMILES string of the molecule is CCNC(=NCC(O)(CC)CC)NCCCOCC(C)C. The molecule has 0 rings (SSSR count). The molecule has 3 N–H and O–H groups in total. The number of hydrogen-bond donors (Lipinski definition) is 3. The fraction of sp³-hybridized carbons (Fsp3) is 0.938. The fourth-order valence-corrected chi connectivity index (χ4v) is 1.74. The van der Waals surface area contributed by atoms with Gasteiger partial charge in [-0.25, -0.2) is 0 Å². The van der Waals surface area contributed by atoms with Gasteiger partial charge in [0, 0.05) is 26.3 Å². The van der Waals surface area contributed by atoms with Crippen molar-refractivity contribution in [3.8, 4) is 0 Å². The highest BCUT2D eigenvalue weighted by molar-refractivity contribution is 5.79. The summed E-state index contributed by atoms with van der Waals surface area (Å²) in [6, 6.07) is 0. The van der Waals surface area contributed by atoms with Crippen LogP contribution in [0, 0.1) is 5.92 Å². The maximum absolute atomic E-state index is 10.3. The molecule has 0 amide bonds. The lowest BCUT2D eigenvalue weighted by Crippen LogP contribution is -2.40. The number of aliphatic imine (C=N–C) groups is 1. The van der Waals surface area contributed by atoms with Crippen molar-refractivity contribution in [1.29, 1.82) is 0 Å². The maximum Gasteiger partial charge on any atom is 0.191 e. The molecule has 0 aromatic rings. The summed E-state index contributed by atoms with van der Waals surface area (Å²) in [5, 5.41) is 16.7. The van der Waals surface area contributed by atoms with Crippen molar-refractivity contribution in [1.82, 2.24) is 10.6 Å². The van der Waals surface area contributed by atoms with Gasteiger partial charge in [-0.2, -0.15) is 0 Å². The van der Waals surface area contributed by atoms with Crippen molar-refractivity contribution in [2.75, 3.05) is 32.8 Å². The minimum Gasteiger partial charge on any atom is -0.388 e. The molecule has 0 atom stereocenters. The number of hydrogen-bond acceptors (Lipinski definition) is 3. The van der Waals surface area contributed by atoms with E-state index in [2.05, 4.69) is 29.5 Å². The molecule has 0 aliphatic heterocycles. The minimum absolute atomic E-state index is 0.430. The molecule has 0 aliphatic carbocycles. The third kappa shape index (κ3) is 10.5.